The maximum atomic E-state index is 12.0. The van der Waals surface area contributed by atoms with Crippen LogP contribution >= 0.6 is 0 Å². The molecule has 3 heterocycles. The molecule has 0 aliphatic carbocycles. The molecule has 0 spiro atoms. The molecule has 24 heavy (non-hydrogen) atoms. The number of methoxy groups -OCH3 is 1. The molecule has 0 bridgehead atoms. The van der Waals surface area contributed by atoms with Crippen molar-refractivity contribution in [1.82, 2.24) is 15.1 Å². The van der Waals surface area contributed by atoms with Crippen molar-refractivity contribution in [3.63, 3.8) is 0 Å². The third-order valence-corrected chi connectivity index (χ3v) is 3.98. The van der Waals surface area contributed by atoms with Crippen molar-refractivity contribution in [1.29, 1.82) is 0 Å². The SMILES string of the molecule is COc1ccc2c(c1)[C@@H](c1nc(-c3ccncc3)no1)CC(=O)N2. The second-order valence-electron chi connectivity index (χ2n) is 5.45. The van der Waals surface area contributed by atoms with Crippen LogP contribution in [0.25, 0.3) is 11.4 Å². The monoisotopic (exact) mass is 322 g/mol. The minimum Gasteiger partial charge on any atom is -0.497 e. The summed E-state index contributed by atoms with van der Waals surface area (Å²) < 4.78 is 10.7. The maximum absolute atomic E-state index is 12.0. The zero-order valence-corrected chi connectivity index (χ0v) is 12.9. The molecule has 1 aliphatic rings. The number of rotatable bonds is 3. The Bertz CT molecular complexity index is 892. The fourth-order valence-electron chi connectivity index (χ4n) is 2.78. The zero-order chi connectivity index (χ0) is 16.5. The number of nitrogens with zero attached hydrogens (tertiary/aromatic N) is 3. The van der Waals surface area contributed by atoms with Crippen molar-refractivity contribution in [2.24, 2.45) is 0 Å². The molecule has 4 rings (SSSR count). The van der Waals surface area contributed by atoms with Gasteiger partial charge in [0, 0.05) is 30.1 Å². The van der Waals surface area contributed by atoms with Gasteiger partial charge in [-0.1, -0.05) is 5.16 Å². The summed E-state index contributed by atoms with van der Waals surface area (Å²) in [6, 6.07) is 9.12. The summed E-state index contributed by atoms with van der Waals surface area (Å²) in [6.45, 7) is 0. The largest absolute Gasteiger partial charge is 0.497 e. The predicted molar refractivity (Wildman–Crippen MR) is 85.6 cm³/mol. The number of ether oxygens (including phenoxy) is 1. The average molecular weight is 322 g/mol. The lowest BCUT2D eigenvalue weighted by molar-refractivity contribution is -0.116. The fourth-order valence-corrected chi connectivity index (χ4v) is 2.78. The quantitative estimate of drug-likeness (QED) is 0.797. The Morgan fingerprint density at radius 1 is 1.25 bits per heavy atom. The van der Waals surface area contributed by atoms with E-state index in [4.69, 9.17) is 9.26 Å². The first kappa shape index (κ1) is 14.4. The normalized spacial score (nSPS) is 16.4. The highest BCUT2D eigenvalue weighted by Gasteiger charge is 2.31. The highest BCUT2D eigenvalue weighted by Crippen LogP contribution is 2.38. The number of amides is 1. The molecule has 0 saturated carbocycles. The first-order chi connectivity index (χ1) is 11.7. The number of anilines is 1. The van der Waals surface area contributed by atoms with Gasteiger partial charge in [-0.3, -0.25) is 9.78 Å². The van der Waals surface area contributed by atoms with Crippen LogP contribution in [0.3, 0.4) is 0 Å². The molecule has 120 valence electrons. The maximum Gasteiger partial charge on any atom is 0.235 e. The van der Waals surface area contributed by atoms with E-state index in [1.807, 2.05) is 12.1 Å². The molecule has 7 heteroatoms. The summed E-state index contributed by atoms with van der Waals surface area (Å²) in [5, 5.41) is 6.88. The second-order valence-corrected chi connectivity index (χ2v) is 5.45. The number of benzene rings is 1. The summed E-state index contributed by atoms with van der Waals surface area (Å²) in [7, 11) is 1.60. The Morgan fingerprint density at radius 3 is 2.88 bits per heavy atom. The van der Waals surface area contributed by atoms with Crippen LogP contribution in [0.2, 0.25) is 0 Å². The molecule has 1 amide bonds. The van der Waals surface area contributed by atoms with Crippen LogP contribution in [-0.4, -0.2) is 28.1 Å². The summed E-state index contributed by atoms with van der Waals surface area (Å²) in [4.78, 5) is 20.4. The van der Waals surface area contributed by atoms with Gasteiger partial charge < -0.3 is 14.6 Å². The predicted octanol–water partition coefficient (Wildman–Crippen LogP) is 2.61. The third kappa shape index (κ3) is 2.50. The molecular formula is C17H14N4O3. The zero-order valence-electron chi connectivity index (χ0n) is 12.9. The molecule has 0 unspecified atom stereocenters. The van der Waals surface area contributed by atoms with Crippen LogP contribution < -0.4 is 10.1 Å². The van der Waals surface area contributed by atoms with E-state index in [1.165, 1.54) is 0 Å². The van der Waals surface area contributed by atoms with Gasteiger partial charge in [-0.2, -0.15) is 4.98 Å². The van der Waals surface area contributed by atoms with Gasteiger partial charge >= 0.3 is 0 Å². The first-order valence-corrected chi connectivity index (χ1v) is 7.46. The minimum absolute atomic E-state index is 0.0821. The molecule has 0 saturated heterocycles. The minimum atomic E-state index is -0.299. The van der Waals surface area contributed by atoms with Crippen LogP contribution in [0.5, 0.6) is 5.75 Å². The lowest BCUT2D eigenvalue weighted by Crippen LogP contribution is -2.23. The van der Waals surface area contributed by atoms with Crippen molar-refractivity contribution < 1.29 is 14.1 Å². The van der Waals surface area contributed by atoms with E-state index in [-0.39, 0.29) is 18.2 Å². The third-order valence-electron chi connectivity index (χ3n) is 3.98. The Labute approximate surface area is 137 Å². The molecule has 7 nitrogen and oxygen atoms in total. The molecule has 1 atom stereocenters. The van der Waals surface area contributed by atoms with Crippen LogP contribution in [0, 0.1) is 0 Å². The summed E-state index contributed by atoms with van der Waals surface area (Å²) in [5.41, 5.74) is 2.45. The lowest BCUT2D eigenvalue weighted by Gasteiger charge is -2.23. The lowest BCUT2D eigenvalue weighted by atomic mass is 9.90. The number of nitrogens with one attached hydrogen (secondary N) is 1. The number of pyridine rings is 1. The summed E-state index contributed by atoms with van der Waals surface area (Å²) >= 11 is 0. The van der Waals surface area contributed by atoms with Crippen LogP contribution in [0.4, 0.5) is 5.69 Å². The van der Waals surface area contributed by atoms with Crippen molar-refractivity contribution in [3.8, 4) is 17.1 Å². The molecule has 0 fully saturated rings. The van der Waals surface area contributed by atoms with E-state index in [1.54, 1.807) is 37.7 Å². The van der Waals surface area contributed by atoms with Crippen molar-refractivity contribution in [2.75, 3.05) is 12.4 Å². The van der Waals surface area contributed by atoms with Gasteiger partial charge in [0.2, 0.25) is 17.6 Å². The van der Waals surface area contributed by atoms with Gasteiger partial charge in [0.05, 0.1) is 13.0 Å². The molecular weight excluding hydrogens is 308 g/mol. The number of hydrogen-bond acceptors (Lipinski definition) is 6. The number of aromatic nitrogens is 3. The smallest absolute Gasteiger partial charge is 0.235 e. The van der Waals surface area contributed by atoms with E-state index in [0.717, 1.165) is 16.8 Å². The van der Waals surface area contributed by atoms with Gasteiger partial charge in [0.1, 0.15) is 5.75 Å². The molecule has 2 aromatic heterocycles. The van der Waals surface area contributed by atoms with Crippen molar-refractivity contribution >= 4 is 11.6 Å². The fraction of sp³-hybridized carbons (Fsp3) is 0.176. The van der Waals surface area contributed by atoms with Gasteiger partial charge in [-0.05, 0) is 35.9 Å². The van der Waals surface area contributed by atoms with E-state index >= 15 is 0 Å². The summed E-state index contributed by atoms with van der Waals surface area (Å²) in [5.74, 6) is 1.21. The van der Waals surface area contributed by atoms with Gasteiger partial charge in [-0.25, -0.2) is 0 Å². The Morgan fingerprint density at radius 2 is 2.08 bits per heavy atom. The van der Waals surface area contributed by atoms with E-state index < -0.39 is 0 Å². The average Bonchev–Trinajstić information content (AvgIpc) is 3.11. The van der Waals surface area contributed by atoms with Crippen LogP contribution in [0.15, 0.2) is 47.2 Å². The van der Waals surface area contributed by atoms with Crippen LogP contribution in [0.1, 0.15) is 23.8 Å². The standard InChI is InChI=1S/C17H14N4O3/c1-23-11-2-3-14-12(8-11)13(9-15(22)19-14)17-20-16(21-24-17)10-4-6-18-7-5-10/h2-8,13H,9H2,1H3,(H,19,22)/t13-/m0/s1. The number of carbonyl (C=O) groups excluding carboxylic acids is 1. The van der Waals surface area contributed by atoms with E-state index in [2.05, 4.69) is 20.4 Å². The first-order valence-electron chi connectivity index (χ1n) is 7.46. The van der Waals surface area contributed by atoms with Gasteiger partial charge in [0.25, 0.3) is 0 Å². The Kier molecular flexibility index (Phi) is 3.45. The Balaban J connectivity index is 1.75. The number of carbonyl (C=O) groups is 1. The van der Waals surface area contributed by atoms with Crippen molar-refractivity contribution in [3.05, 3.63) is 54.2 Å². The number of hydrogen-bond donors (Lipinski definition) is 1. The summed E-state index contributed by atoms with van der Waals surface area (Å²) in [6.07, 6.45) is 3.58. The molecule has 1 aromatic carbocycles. The highest BCUT2D eigenvalue weighted by atomic mass is 16.5. The van der Waals surface area contributed by atoms with Gasteiger partial charge in [0.15, 0.2) is 0 Å². The second kappa shape index (κ2) is 5.77. The topological polar surface area (TPSA) is 90.1 Å². The molecule has 1 N–H and O–H groups in total. The molecule has 3 aromatic rings. The van der Waals surface area contributed by atoms with E-state index in [0.29, 0.717) is 17.5 Å². The Hall–Kier alpha value is -3.22. The molecule has 0 radical (unpaired) electrons. The molecule has 1 aliphatic heterocycles. The van der Waals surface area contributed by atoms with Crippen molar-refractivity contribution in [2.45, 2.75) is 12.3 Å². The van der Waals surface area contributed by atoms with Gasteiger partial charge in [-0.15, -0.1) is 0 Å². The van der Waals surface area contributed by atoms with Crippen LogP contribution in [-0.2, 0) is 4.79 Å². The van der Waals surface area contributed by atoms with E-state index in [9.17, 15) is 4.79 Å². The number of fused-ring (bicyclic) bond motifs is 1. The highest BCUT2D eigenvalue weighted by molar-refractivity contribution is 5.95.